The third-order valence-corrected chi connectivity index (χ3v) is 4.60. The van der Waals surface area contributed by atoms with Gasteiger partial charge in [-0.15, -0.1) is 0 Å². The quantitative estimate of drug-likeness (QED) is 0.928. The van der Waals surface area contributed by atoms with Crippen LogP contribution in [0.4, 0.5) is 0 Å². The van der Waals surface area contributed by atoms with Crippen LogP contribution in [0.1, 0.15) is 38.1 Å². The fraction of sp³-hybridized carbons (Fsp3) is 0.769. The van der Waals surface area contributed by atoms with Crippen molar-refractivity contribution < 1.29 is 4.74 Å². The van der Waals surface area contributed by atoms with Crippen LogP contribution in [-0.2, 0) is 17.8 Å². The molecule has 2 heterocycles. The molecule has 1 aliphatic rings. The van der Waals surface area contributed by atoms with Gasteiger partial charge in [-0.05, 0) is 49.5 Å². The number of hydrogen-bond acceptors (Lipinski definition) is 3. The molecular formula is C13H22BrN3O. The predicted octanol–water partition coefficient (Wildman–Crippen LogP) is 2.63. The van der Waals surface area contributed by atoms with E-state index in [4.69, 9.17) is 4.74 Å². The van der Waals surface area contributed by atoms with E-state index in [1.807, 2.05) is 6.92 Å². The highest BCUT2D eigenvalue weighted by Gasteiger charge is 2.27. The SMILES string of the molecule is CCn1nc(C)c(Br)c1CNC1(C)CCCOC1. The molecule has 1 N–H and O–H groups in total. The molecule has 2 rings (SSSR count). The van der Waals surface area contributed by atoms with Gasteiger partial charge in [-0.2, -0.15) is 5.10 Å². The lowest BCUT2D eigenvalue weighted by atomic mass is 9.95. The molecule has 1 unspecified atom stereocenters. The van der Waals surface area contributed by atoms with Crippen molar-refractivity contribution in [3.05, 3.63) is 15.9 Å². The van der Waals surface area contributed by atoms with Gasteiger partial charge in [0.1, 0.15) is 0 Å². The second kappa shape index (κ2) is 5.72. The lowest BCUT2D eigenvalue weighted by Gasteiger charge is -2.34. The van der Waals surface area contributed by atoms with Gasteiger partial charge in [0.15, 0.2) is 0 Å². The van der Waals surface area contributed by atoms with Crippen molar-refractivity contribution in [2.45, 2.75) is 52.2 Å². The minimum atomic E-state index is 0.0917. The van der Waals surface area contributed by atoms with Crippen molar-refractivity contribution in [3.8, 4) is 0 Å². The van der Waals surface area contributed by atoms with E-state index in [0.29, 0.717) is 0 Å². The van der Waals surface area contributed by atoms with E-state index in [1.54, 1.807) is 0 Å². The molecule has 1 aromatic rings. The minimum Gasteiger partial charge on any atom is -0.380 e. The summed E-state index contributed by atoms with van der Waals surface area (Å²) in [6.07, 6.45) is 2.31. The van der Waals surface area contributed by atoms with E-state index in [-0.39, 0.29) is 5.54 Å². The fourth-order valence-corrected chi connectivity index (χ4v) is 2.83. The Morgan fingerprint density at radius 1 is 1.56 bits per heavy atom. The number of aromatic nitrogens is 2. The normalized spacial score (nSPS) is 24.4. The number of hydrogen-bond donors (Lipinski definition) is 1. The van der Waals surface area contributed by atoms with E-state index in [9.17, 15) is 0 Å². The summed E-state index contributed by atoms with van der Waals surface area (Å²) >= 11 is 3.63. The summed E-state index contributed by atoms with van der Waals surface area (Å²) in [6, 6.07) is 0. The van der Waals surface area contributed by atoms with Crippen molar-refractivity contribution in [2.24, 2.45) is 0 Å². The molecule has 0 radical (unpaired) electrons. The van der Waals surface area contributed by atoms with E-state index < -0.39 is 0 Å². The van der Waals surface area contributed by atoms with E-state index in [2.05, 4.69) is 44.9 Å². The molecule has 0 aliphatic carbocycles. The molecule has 4 nitrogen and oxygen atoms in total. The molecule has 1 aromatic heterocycles. The Hall–Kier alpha value is -0.390. The van der Waals surface area contributed by atoms with E-state index in [1.165, 1.54) is 12.1 Å². The first kappa shape index (κ1) is 14.0. The van der Waals surface area contributed by atoms with Gasteiger partial charge in [-0.25, -0.2) is 0 Å². The second-order valence-electron chi connectivity index (χ2n) is 5.23. The predicted molar refractivity (Wildman–Crippen MR) is 75.6 cm³/mol. The Morgan fingerprint density at radius 2 is 2.33 bits per heavy atom. The molecule has 0 aromatic carbocycles. The Balaban J connectivity index is 2.05. The molecule has 102 valence electrons. The lowest BCUT2D eigenvalue weighted by molar-refractivity contribution is 0.0274. The van der Waals surface area contributed by atoms with Crippen LogP contribution in [0.3, 0.4) is 0 Å². The van der Waals surface area contributed by atoms with E-state index in [0.717, 1.165) is 42.9 Å². The number of nitrogens with zero attached hydrogens (tertiary/aromatic N) is 2. The zero-order valence-electron chi connectivity index (χ0n) is 11.4. The maximum Gasteiger partial charge on any atom is 0.0739 e. The maximum atomic E-state index is 5.57. The number of aryl methyl sites for hydroxylation is 2. The second-order valence-corrected chi connectivity index (χ2v) is 6.03. The van der Waals surface area contributed by atoms with Crippen LogP contribution in [0.5, 0.6) is 0 Å². The molecule has 1 fully saturated rings. The highest BCUT2D eigenvalue weighted by Crippen LogP contribution is 2.23. The molecule has 0 bridgehead atoms. The van der Waals surface area contributed by atoms with Gasteiger partial charge in [0.2, 0.25) is 0 Å². The average molecular weight is 316 g/mol. The third kappa shape index (κ3) is 2.95. The van der Waals surface area contributed by atoms with Crippen LogP contribution < -0.4 is 5.32 Å². The summed E-state index contributed by atoms with van der Waals surface area (Å²) < 4.78 is 8.75. The summed E-state index contributed by atoms with van der Waals surface area (Å²) in [4.78, 5) is 0. The van der Waals surface area contributed by atoms with Crippen molar-refractivity contribution in [1.82, 2.24) is 15.1 Å². The van der Waals surface area contributed by atoms with Crippen LogP contribution >= 0.6 is 15.9 Å². The van der Waals surface area contributed by atoms with Gasteiger partial charge in [0.25, 0.3) is 0 Å². The van der Waals surface area contributed by atoms with Crippen molar-refractivity contribution in [3.63, 3.8) is 0 Å². The summed E-state index contributed by atoms with van der Waals surface area (Å²) in [6.45, 7) is 9.81. The topological polar surface area (TPSA) is 39.1 Å². The van der Waals surface area contributed by atoms with Gasteiger partial charge in [0.05, 0.1) is 22.5 Å². The molecule has 0 saturated carbocycles. The van der Waals surface area contributed by atoms with E-state index >= 15 is 0 Å². The lowest BCUT2D eigenvalue weighted by Crippen LogP contribution is -2.48. The first-order valence-electron chi connectivity index (χ1n) is 6.60. The monoisotopic (exact) mass is 315 g/mol. The summed E-state index contributed by atoms with van der Waals surface area (Å²) in [5.41, 5.74) is 2.37. The molecular weight excluding hydrogens is 294 g/mol. The first-order chi connectivity index (χ1) is 8.56. The Labute approximate surface area is 117 Å². The molecule has 5 heteroatoms. The van der Waals surface area contributed by atoms with Crippen molar-refractivity contribution >= 4 is 15.9 Å². The minimum absolute atomic E-state index is 0.0917. The molecule has 1 atom stereocenters. The van der Waals surface area contributed by atoms with Gasteiger partial charge >= 0.3 is 0 Å². The summed E-state index contributed by atoms with van der Waals surface area (Å²) in [7, 11) is 0. The molecule has 1 saturated heterocycles. The van der Waals surface area contributed by atoms with Crippen molar-refractivity contribution in [1.29, 1.82) is 0 Å². The van der Waals surface area contributed by atoms with Crippen LogP contribution in [-0.4, -0.2) is 28.5 Å². The van der Waals surface area contributed by atoms with Crippen LogP contribution in [0.2, 0.25) is 0 Å². The largest absolute Gasteiger partial charge is 0.380 e. The number of nitrogens with one attached hydrogen (secondary N) is 1. The smallest absolute Gasteiger partial charge is 0.0739 e. The van der Waals surface area contributed by atoms with Crippen molar-refractivity contribution in [2.75, 3.05) is 13.2 Å². The van der Waals surface area contributed by atoms with Crippen LogP contribution in [0.15, 0.2) is 4.47 Å². The van der Waals surface area contributed by atoms with Gasteiger partial charge in [-0.3, -0.25) is 4.68 Å². The third-order valence-electron chi connectivity index (χ3n) is 3.57. The highest BCUT2D eigenvalue weighted by atomic mass is 79.9. The molecule has 1 aliphatic heterocycles. The standard InChI is InChI=1S/C13H22BrN3O/c1-4-17-11(12(14)10(2)16-17)8-15-13(3)6-5-7-18-9-13/h15H,4-9H2,1-3H3. The Bertz CT molecular complexity index is 411. The first-order valence-corrected chi connectivity index (χ1v) is 7.39. The summed E-state index contributed by atoms with van der Waals surface area (Å²) in [5.74, 6) is 0. The number of rotatable bonds is 4. The number of ether oxygens (including phenoxy) is 1. The van der Waals surface area contributed by atoms with Crippen LogP contribution in [0, 0.1) is 6.92 Å². The van der Waals surface area contributed by atoms with Gasteiger partial charge in [0, 0.05) is 25.2 Å². The van der Waals surface area contributed by atoms with Gasteiger partial charge < -0.3 is 10.1 Å². The molecule has 0 amide bonds. The Kier molecular flexibility index (Phi) is 4.45. The Morgan fingerprint density at radius 3 is 2.94 bits per heavy atom. The highest BCUT2D eigenvalue weighted by molar-refractivity contribution is 9.10. The maximum absolute atomic E-state index is 5.57. The summed E-state index contributed by atoms with van der Waals surface area (Å²) in [5, 5.41) is 8.14. The molecule has 18 heavy (non-hydrogen) atoms. The number of halogens is 1. The average Bonchev–Trinajstić information content (AvgIpc) is 2.64. The fourth-order valence-electron chi connectivity index (χ4n) is 2.41. The van der Waals surface area contributed by atoms with Gasteiger partial charge in [-0.1, -0.05) is 0 Å². The van der Waals surface area contributed by atoms with Crippen LogP contribution in [0.25, 0.3) is 0 Å². The molecule has 0 spiro atoms. The zero-order chi connectivity index (χ0) is 13.2. The zero-order valence-corrected chi connectivity index (χ0v) is 13.0.